The minimum atomic E-state index is -0.389. The van der Waals surface area contributed by atoms with Crippen LogP contribution < -0.4 is 5.32 Å². The minimum absolute atomic E-state index is 0.208. The average molecular weight is 181 g/mol. The second kappa shape index (κ2) is 5.47. The van der Waals surface area contributed by atoms with E-state index in [0.717, 1.165) is 19.3 Å². The van der Waals surface area contributed by atoms with Gasteiger partial charge in [0.1, 0.15) is 0 Å². The third kappa shape index (κ3) is 3.84. The van der Waals surface area contributed by atoms with Crippen molar-refractivity contribution in [3.63, 3.8) is 0 Å². The minimum Gasteiger partial charge on any atom is -0.433 e. The molecule has 0 aromatic rings. The van der Waals surface area contributed by atoms with Crippen LogP contribution in [0.5, 0.6) is 0 Å². The quantitative estimate of drug-likeness (QED) is 0.625. The summed E-state index contributed by atoms with van der Waals surface area (Å²) in [6.45, 7) is 0. The molecule has 0 aliphatic heterocycles. The lowest BCUT2D eigenvalue weighted by Crippen LogP contribution is -2.25. The van der Waals surface area contributed by atoms with Gasteiger partial charge in [-0.15, -0.1) is 0 Å². The van der Waals surface area contributed by atoms with E-state index < -0.39 is 0 Å². The van der Waals surface area contributed by atoms with E-state index in [0.29, 0.717) is 0 Å². The van der Waals surface area contributed by atoms with Crippen LogP contribution in [0.25, 0.3) is 0 Å². The molecule has 0 bridgehead atoms. The van der Waals surface area contributed by atoms with Gasteiger partial charge in [-0.05, 0) is 19.3 Å². The van der Waals surface area contributed by atoms with Crippen LogP contribution in [-0.2, 0) is 4.74 Å². The first-order chi connectivity index (χ1) is 6.33. The van der Waals surface area contributed by atoms with Gasteiger partial charge in [0.25, 0.3) is 0 Å². The number of rotatable bonds is 1. The number of carbonyl (C=O) groups is 1. The van der Waals surface area contributed by atoms with Crippen LogP contribution in [0.4, 0.5) is 4.79 Å². The van der Waals surface area contributed by atoms with Crippen LogP contribution >= 0.6 is 0 Å². The lowest BCUT2D eigenvalue weighted by atomic mass is 10.1. The number of hydrogen-bond donors (Lipinski definition) is 1. The van der Waals surface area contributed by atoms with Gasteiger partial charge >= 0.3 is 6.09 Å². The number of carbonyl (C=O) groups excluding carboxylic acids is 1. The zero-order chi connectivity index (χ0) is 9.52. The van der Waals surface area contributed by atoms with E-state index in [2.05, 4.69) is 17.2 Å². The van der Waals surface area contributed by atoms with Gasteiger partial charge < -0.3 is 10.1 Å². The highest BCUT2D eigenvalue weighted by molar-refractivity contribution is 5.67. The van der Waals surface area contributed by atoms with Crippen molar-refractivity contribution in [3.8, 4) is 11.8 Å². The predicted octanol–water partition coefficient (Wildman–Crippen LogP) is 1.68. The van der Waals surface area contributed by atoms with Crippen LogP contribution in [-0.4, -0.2) is 19.2 Å². The maximum atomic E-state index is 10.9. The largest absolute Gasteiger partial charge is 0.433 e. The molecule has 1 atom stereocenters. The highest BCUT2D eigenvalue weighted by atomic mass is 16.6. The number of nitrogens with one attached hydrogen (secondary N) is 1. The molecule has 13 heavy (non-hydrogen) atoms. The molecule has 0 spiro atoms. The molecule has 72 valence electrons. The molecule has 0 heterocycles. The van der Waals surface area contributed by atoms with Crippen molar-refractivity contribution in [2.75, 3.05) is 7.05 Å². The molecule has 1 aliphatic rings. The zero-order valence-corrected chi connectivity index (χ0v) is 7.93. The Morgan fingerprint density at radius 3 is 3.08 bits per heavy atom. The first kappa shape index (κ1) is 9.91. The van der Waals surface area contributed by atoms with Gasteiger partial charge in [0, 0.05) is 13.5 Å². The smallest absolute Gasteiger partial charge is 0.408 e. The molecule has 0 fully saturated rings. The molecule has 1 N–H and O–H groups in total. The summed E-state index contributed by atoms with van der Waals surface area (Å²) in [7, 11) is 1.55. The summed E-state index contributed by atoms with van der Waals surface area (Å²) in [4.78, 5) is 10.9. The molecule has 0 aromatic heterocycles. The molecule has 0 radical (unpaired) electrons. The van der Waals surface area contributed by atoms with Crippen molar-refractivity contribution < 1.29 is 9.53 Å². The fourth-order valence-corrected chi connectivity index (χ4v) is 1.25. The van der Waals surface area contributed by atoms with Crippen molar-refractivity contribution in [2.45, 2.75) is 38.2 Å². The van der Waals surface area contributed by atoms with E-state index in [1.54, 1.807) is 7.05 Å². The van der Waals surface area contributed by atoms with Crippen LogP contribution in [0.15, 0.2) is 0 Å². The molecule has 1 unspecified atom stereocenters. The van der Waals surface area contributed by atoms with Crippen molar-refractivity contribution in [1.29, 1.82) is 0 Å². The summed E-state index contributed by atoms with van der Waals surface area (Å²) in [6, 6.07) is 0. The summed E-state index contributed by atoms with van der Waals surface area (Å²) in [5.74, 6) is 5.97. The summed E-state index contributed by atoms with van der Waals surface area (Å²) in [6.07, 6.45) is 4.63. The van der Waals surface area contributed by atoms with E-state index in [1.807, 2.05) is 0 Å². The monoisotopic (exact) mass is 181 g/mol. The third-order valence-electron chi connectivity index (χ3n) is 1.98. The highest BCUT2D eigenvalue weighted by Crippen LogP contribution is 2.10. The van der Waals surface area contributed by atoms with Crippen molar-refractivity contribution in [1.82, 2.24) is 5.32 Å². The summed E-state index contributed by atoms with van der Waals surface area (Å²) < 4.78 is 5.05. The second-order valence-corrected chi connectivity index (χ2v) is 3.06. The Labute approximate surface area is 78.8 Å². The normalized spacial score (nSPS) is 21.8. The fourth-order valence-electron chi connectivity index (χ4n) is 1.25. The van der Waals surface area contributed by atoms with E-state index in [-0.39, 0.29) is 12.2 Å². The summed E-state index contributed by atoms with van der Waals surface area (Å²) in [5, 5.41) is 2.42. The number of alkyl carbamates (subject to hydrolysis) is 1. The Hall–Kier alpha value is -1.17. The lowest BCUT2D eigenvalue weighted by molar-refractivity contribution is 0.120. The van der Waals surface area contributed by atoms with E-state index >= 15 is 0 Å². The van der Waals surface area contributed by atoms with Gasteiger partial charge in [0.15, 0.2) is 6.10 Å². The van der Waals surface area contributed by atoms with E-state index in [4.69, 9.17) is 4.74 Å². The molecule has 3 nitrogen and oxygen atoms in total. The average Bonchev–Trinajstić information content (AvgIpc) is 2.09. The molecule has 1 amide bonds. The summed E-state index contributed by atoms with van der Waals surface area (Å²) in [5.41, 5.74) is 0. The molecule has 1 rings (SSSR count). The molecular weight excluding hydrogens is 166 g/mol. The molecule has 0 saturated carbocycles. The van der Waals surface area contributed by atoms with E-state index in [1.165, 1.54) is 12.8 Å². The highest BCUT2D eigenvalue weighted by Gasteiger charge is 2.10. The Morgan fingerprint density at radius 2 is 2.31 bits per heavy atom. The molecule has 0 saturated heterocycles. The first-order valence-electron chi connectivity index (χ1n) is 4.69. The zero-order valence-electron chi connectivity index (χ0n) is 7.93. The molecule has 0 aromatic carbocycles. The topological polar surface area (TPSA) is 38.3 Å². The maximum absolute atomic E-state index is 10.9. The second-order valence-electron chi connectivity index (χ2n) is 3.06. The predicted molar refractivity (Wildman–Crippen MR) is 50.2 cm³/mol. The Bertz CT molecular complexity index is 227. The van der Waals surface area contributed by atoms with Gasteiger partial charge in [-0.3, -0.25) is 0 Å². The van der Waals surface area contributed by atoms with Crippen molar-refractivity contribution in [3.05, 3.63) is 0 Å². The molecule has 3 heteroatoms. The fraction of sp³-hybridized carbons (Fsp3) is 0.700. The first-order valence-corrected chi connectivity index (χ1v) is 4.69. The SMILES string of the molecule is CNC(=O)OC1C#CCCCCC1. The maximum Gasteiger partial charge on any atom is 0.408 e. The Balaban J connectivity index is 2.41. The van der Waals surface area contributed by atoms with Crippen LogP contribution in [0, 0.1) is 11.8 Å². The van der Waals surface area contributed by atoms with Gasteiger partial charge in [-0.2, -0.15) is 0 Å². The van der Waals surface area contributed by atoms with E-state index in [9.17, 15) is 4.79 Å². The van der Waals surface area contributed by atoms with Crippen molar-refractivity contribution in [2.24, 2.45) is 0 Å². The van der Waals surface area contributed by atoms with Crippen LogP contribution in [0.1, 0.15) is 32.1 Å². The Kier molecular flexibility index (Phi) is 4.17. The standard InChI is InChI=1S/C10H15NO2/c1-11-10(12)13-9-7-5-3-2-4-6-8-9/h9H,2-5,7H2,1H3,(H,11,12). The van der Waals surface area contributed by atoms with Gasteiger partial charge in [0.05, 0.1) is 0 Å². The lowest BCUT2D eigenvalue weighted by Gasteiger charge is -2.12. The number of hydrogen-bond acceptors (Lipinski definition) is 2. The number of amides is 1. The number of ether oxygens (including phenoxy) is 1. The van der Waals surface area contributed by atoms with Crippen LogP contribution in [0.2, 0.25) is 0 Å². The van der Waals surface area contributed by atoms with Gasteiger partial charge in [0.2, 0.25) is 0 Å². The third-order valence-corrected chi connectivity index (χ3v) is 1.98. The molecule has 1 aliphatic carbocycles. The van der Waals surface area contributed by atoms with Crippen molar-refractivity contribution >= 4 is 6.09 Å². The summed E-state index contributed by atoms with van der Waals surface area (Å²) >= 11 is 0. The van der Waals surface area contributed by atoms with Crippen LogP contribution in [0.3, 0.4) is 0 Å². The van der Waals surface area contributed by atoms with Gasteiger partial charge in [-0.1, -0.05) is 18.3 Å². The molecular formula is C10H15NO2. The Morgan fingerprint density at radius 1 is 1.46 bits per heavy atom. The van der Waals surface area contributed by atoms with Gasteiger partial charge in [-0.25, -0.2) is 4.79 Å².